The summed E-state index contributed by atoms with van der Waals surface area (Å²) in [5.41, 5.74) is 5.82. The molecule has 5 rings (SSSR count). The van der Waals surface area contributed by atoms with Crippen LogP contribution < -0.4 is 5.32 Å². The van der Waals surface area contributed by atoms with Crippen molar-refractivity contribution in [3.63, 3.8) is 0 Å². The normalized spacial score (nSPS) is 19.6. The van der Waals surface area contributed by atoms with Gasteiger partial charge in [0.2, 0.25) is 0 Å². The van der Waals surface area contributed by atoms with Crippen molar-refractivity contribution < 1.29 is 9.59 Å². The van der Waals surface area contributed by atoms with Crippen molar-refractivity contribution in [3.05, 3.63) is 76.7 Å². The van der Waals surface area contributed by atoms with Crippen molar-refractivity contribution in [2.45, 2.75) is 25.7 Å². The number of benzene rings is 1. The van der Waals surface area contributed by atoms with Crippen LogP contribution in [0.15, 0.2) is 64.4 Å². The number of allylic oxidation sites excluding steroid dienone is 3. The molecule has 7 heteroatoms. The van der Waals surface area contributed by atoms with E-state index in [9.17, 15) is 9.59 Å². The van der Waals surface area contributed by atoms with Crippen LogP contribution in [0.25, 0.3) is 5.70 Å². The Labute approximate surface area is 173 Å². The monoisotopic (exact) mass is 399 g/mol. The standard InChI is InChI=1S/C23H21N5O2/c1-28-21(18-8-4-5-9-19(18)27-28)23(30)24-15-12-10-14(11-13-15)20-16-6-2-3-7-17(16)22(29)26-25-20/h2-3,6-7,10-13,17H,4-5,8-9H2,1H3,(H,24,30). The highest BCUT2D eigenvalue weighted by Crippen LogP contribution is 2.34. The van der Waals surface area contributed by atoms with Crippen molar-refractivity contribution in [1.29, 1.82) is 0 Å². The minimum Gasteiger partial charge on any atom is -0.321 e. The first-order chi connectivity index (χ1) is 14.6. The van der Waals surface area contributed by atoms with Crippen LogP contribution in [0.2, 0.25) is 0 Å². The first kappa shape index (κ1) is 18.4. The highest BCUT2D eigenvalue weighted by atomic mass is 16.2. The molecule has 0 saturated carbocycles. The Morgan fingerprint density at radius 2 is 1.90 bits per heavy atom. The molecule has 2 heterocycles. The van der Waals surface area contributed by atoms with Crippen molar-refractivity contribution in [2.75, 3.05) is 5.32 Å². The van der Waals surface area contributed by atoms with Gasteiger partial charge in [0.05, 0.1) is 17.3 Å². The summed E-state index contributed by atoms with van der Waals surface area (Å²) in [7, 11) is 1.82. The van der Waals surface area contributed by atoms with Crippen LogP contribution in [0, 0.1) is 5.92 Å². The van der Waals surface area contributed by atoms with Crippen molar-refractivity contribution in [1.82, 2.24) is 9.78 Å². The lowest BCUT2D eigenvalue weighted by atomic mass is 9.89. The van der Waals surface area contributed by atoms with E-state index in [1.54, 1.807) is 4.68 Å². The minimum atomic E-state index is -0.377. The van der Waals surface area contributed by atoms with E-state index in [1.165, 1.54) is 0 Å². The molecule has 0 fully saturated rings. The molecule has 2 amide bonds. The highest BCUT2D eigenvalue weighted by molar-refractivity contribution is 6.04. The summed E-state index contributed by atoms with van der Waals surface area (Å²) in [6, 6.07) is 7.45. The maximum absolute atomic E-state index is 12.9. The van der Waals surface area contributed by atoms with Gasteiger partial charge in [-0.05, 0) is 43.4 Å². The Morgan fingerprint density at radius 1 is 1.10 bits per heavy atom. The summed E-state index contributed by atoms with van der Waals surface area (Å²) in [5.74, 6) is -0.776. The number of aryl methyl sites for hydroxylation is 2. The summed E-state index contributed by atoms with van der Waals surface area (Å²) < 4.78 is 1.69. The van der Waals surface area contributed by atoms with Gasteiger partial charge >= 0.3 is 0 Å². The molecule has 0 saturated heterocycles. The molecule has 1 atom stereocenters. The number of hydrogen-bond donors (Lipinski definition) is 1. The van der Waals surface area contributed by atoms with E-state index < -0.39 is 0 Å². The molecular formula is C23H21N5O2. The predicted molar refractivity (Wildman–Crippen MR) is 113 cm³/mol. The number of nitrogens with zero attached hydrogens (tertiary/aromatic N) is 4. The second-order valence-corrected chi connectivity index (χ2v) is 7.70. The summed E-state index contributed by atoms with van der Waals surface area (Å²) in [4.78, 5) is 24.9. The number of carbonyl (C=O) groups is 2. The van der Waals surface area contributed by atoms with E-state index in [4.69, 9.17) is 0 Å². The van der Waals surface area contributed by atoms with E-state index in [0.717, 1.165) is 48.1 Å². The average Bonchev–Trinajstić information content (AvgIpc) is 3.11. The maximum Gasteiger partial charge on any atom is 0.276 e. The third-order valence-electron chi connectivity index (χ3n) is 5.76. The largest absolute Gasteiger partial charge is 0.321 e. The fourth-order valence-electron chi connectivity index (χ4n) is 4.29. The average molecular weight is 399 g/mol. The summed E-state index contributed by atoms with van der Waals surface area (Å²) in [6.45, 7) is 0. The molecule has 2 aliphatic carbocycles. The number of azo groups is 1. The summed E-state index contributed by atoms with van der Waals surface area (Å²) >= 11 is 0. The lowest BCUT2D eigenvalue weighted by Gasteiger charge is -2.19. The van der Waals surface area contributed by atoms with Gasteiger partial charge in [-0.3, -0.25) is 14.3 Å². The second kappa shape index (κ2) is 7.33. The molecule has 1 aromatic heterocycles. The number of carbonyl (C=O) groups excluding carboxylic acids is 2. The zero-order valence-electron chi connectivity index (χ0n) is 16.6. The Hall–Kier alpha value is -3.61. The number of aromatic nitrogens is 2. The molecule has 30 heavy (non-hydrogen) atoms. The molecule has 1 unspecified atom stereocenters. The maximum atomic E-state index is 12.9. The molecule has 2 aromatic rings. The second-order valence-electron chi connectivity index (χ2n) is 7.70. The Bertz CT molecular complexity index is 1160. The molecule has 1 aliphatic heterocycles. The van der Waals surface area contributed by atoms with E-state index >= 15 is 0 Å². The molecule has 0 bridgehead atoms. The highest BCUT2D eigenvalue weighted by Gasteiger charge is 2.28. The van der Waals surface area contributed by atoms with E-state index in [2.05, 4.69) is 20.6 Å². The Balaban J connectivity index is 1.39. The number of rotatable bonds is 3. The molecule has 0 spiro atoms. The van der Waals surface area contributed by atoms with Gasteiger partial charge in [-0.1, -0.05) is 36.4 Å². The molecule has 3 aliphatic rings. The number of hydrogen-bond acceptors (Lipinski definition) is 4. The third-order valence-corrected chi connectivity index (χ3v) is 5.76. The first-order valence-electron chi connectivity index (χ1n) is 10.1. The number of nitrogens with one attached hydrogen (secondary N) is 1. The van der Waals surface area contributed by atoms with Crippen molar-refractivity contribution >= 4 is 23.2 Å². The fraction of sp³-hybridized carbons (Fsp3) is 0.261. The smallest absolute Gasteiger partial charge is 0.276 e. The quantitative estimate of drug-likeness (QED) is 0.846. The first-order valence-corrected chi connectivity index (χ1v) is 10.1. The summed E-state index contributed by atoms with van der Waals surface area (Å²) in [5, 5.41) is 15.4. The van der Waals surface area contributed by atoms with Gasteiger partial charge in [0, 0.05) is 23.9 Å². The number of anilines is 1. The molecule has 1 aromatic carbocycles. The lowest BCUT2D eigenvalue weighted by Crippen LogP contribution is -2.18. The van der Waals surface area contributed by atoms with Crippen LogP contribution in [-0.4, -0.2) is 21.6 Å². The third kappa shape index (κ3) is 3.12. The molecule has 150 valence electrons. The molecular weight excluding hydrogens is 378 g/mol. The molecule has 0 radical (unpaired) electrons. The predicted octanol–water partition coefficient (Wildman–Crippen LogP) is 4.00. The molecule has 1 N–H and O–H groups in total. The Morgan fingerprint density at radius 3 is 2.73 bits per heavy atom. The van der Waals surface area contributed by atoms with E-state index in [1.807, 2.05) is 55.6 Å². The van der Waals surface area contributed by atoms with Gasteiger partial charge in [-0.15, -0.1) is 10.2 Å². The topological polar surface area (TPSA) is 88.7 Å². The SMILES string of the molecule is Cn1nc2c(c1C(=O)Nc1ccc(C3=C4C=CC=CC4C(=O)N=N3)cc1)CCCC2. The van der Waals surface area contributed by atoms with E-state index in [0.29, 0.717) is 17.1 Å². The zero-order chi connectivity index (χ0) is 20.7. The summed E-state index contributed by atoms with van der Waals surface area (Å²) in [6.07, 6.45) is 11.5. The van der Waals surface area contributed by atoms with Gasteiger partial charge in [-0.2, -0.15) is 5.10 Å². The number of fused-ring (bicyclic) bond motifs is 2. The van der Waals surface area contributed by atoms with E-state index in [-0.39, 0.29) is 17.7 Å². The van der Waals surface area contributed by atoms with Crippen LogP contribution in [-0.2, 0) is 24.7 Å². The van der Waals surface area contributed by atoms with Crippen LogP contribution in [0.5, 0.6) is 0 Å². The van der Waals surface area contributed by atoms with Crippen LogP contribution >= 0.6 is 0 Å². The van der Waals surface area contributed by atoms with Gasteiger partial charge in [0.15, 0.2) is 0 Å². The lowest BCUT2D eigenvalue weighted by molar-refractivity contribution is -0.119. The number of amides is 2. The van der Waals surface area contributed by atoms with Crippen molar-refractivity contribution in [3.8, 4) is 0 Å². The molecule has 7 nitrogen and oxygen atoms in total. The Kier molecular flexibility index (Phi) is 4.50. The zero-order valence-corrected chi connectivity index (χ0v) is 16.6. The van der Waals surface area contributed by atoms with Crippen LogP contribution in [0.1, 0.15) is 40.2 Å². The van der Waals surface area contributed by atoms with Gasteiger partial charge in [0.25, 0.3) is 11.8 Å². The fourth-order valence-corrected chi connectivity index (χ4v) is 4.29. The van der Waals surface area contributed by atoms with Gasteiger partial charge < -0.3 is 5.32 Å². The van der Waals surface area contributed by atoms with Crippen LogP contribution in [0.4, 0.5) is 5.69 Å². The minimum absolute atomic E-state index is 0.147. The van der Waals surface area contributed by atoms with Gasteiger partial charge in [-0.25, -0.2) is 0 Å². The van der Waals surface area contributed by atoms with Gasteiger partial charge in [0.1, 0.15) is 5.69 Å². The van der Waals surface area contributed by atoms with Crippen molar-refractivity contribution in [2.24, 2.45) is 23.2 Å². The van der Waals surface area contributed by atoms with Crippen LogP contribution in [0.3, 0.4) is 0 Å².